The van der Waals surface area contributed by atoms with Gasteiger partial charge in [0.1, 0.15) is 0 Å². The van der Waals surface area contributed by atoms with Crippen LogP contribution in [-0.4, -0.2) is 16.2 Å². The lowest BCUT2D eigenvalue weighted by atomic mass is 10.1. The first kappa shape index (κ1) is 12.6. The van der Waals surface area contributed by atoms with E-state index in [0.29, 0.717) is 6.04 Å². The van der Waals surface area contributed by atoms with Crippen molar-refractivity contribution in [1.82, 2.24) is 10.2 Å². The van der Waals surface area contributed by atoms with Crippen LogP contribution in [0.4, 0.5) is 5.69 Å². The van der Waals surface area contributed by atoms with Crippen LogP contribution in [0.25, 0.3) is 10.9 Å². The molecule has 2 aromatic carbocycles. The van der Waals surface area contributed by atoms with E-state index in [2.05, 4.69) is 52.8 Å². The second-order valence-corrected chi connectivity index (χ2v) is 5.01. The Bertz CT molecular complexity index is 689. The maximum absolute atomic E-state index is 4.14. The number of rotatable bonds is 4. The standard InChI is InChI=1S/C17H17N3/c1-13(11-14-7-3-2-4-8-14)19-17-12-18-20-16-10-6-5-9-15(16)17/h2-10,12-13H,11H2,1H3,(H,19,20). The van der Waals surface area contributed by atoms with Crippen LogP contribution < -0.4 is 5.32 Å². The van der Waals surface area contributed by atoms with E-state index in [1.807, 2.05) is 24.3 Å². The largest absolute Gasteiger partial charge is 0.380 e. The van der Waals surface area contributed by atoms with Crippen molar-refractivity contribution in [3.05, 3.63) is 66.4 Å². The van der Waals surface area contributed by atoms with Crippen molar-refractivity contribution in [1.29, 1.82) is 0 Å². The molecule has 3 nitrogen and oxygen atoms in total. The SMILES string of the molecule is CC(Cc1ccccc1)Nc1cnnc2ccccc12. The number of hydrogen-bond donors (Lipinski definition) is 1. The van der Waals surface area contributed by atoms with Gasteiger partial charge in [-0.05, 0) is 25.0 Å². The molecule has 0 aliphatic carbocycles. The van der Waals surface area contributed by atoms with E-state index in [0.717, 1.165) is 23.0 Å². The fourth-order valence-corrected chi connectivity index (χ4v) is 2.41. The Kier molecular flexibility index (Phi) is 3.59. The molecule has 100 valence electrons. The molecule has 1 atom stereocenters. The molecule has 3 rings (SSSR count). The van der Waals surface area contributed by atoms with Gasteiger partial charge in [-0.15, -0.1) is 0 Å². The number of aromatic nitrogens is 2. The van der Waals surface area contributed by atoms with Crippen molar-refractivity contribution in [2.45, 2.75) is 19.4 Å². The molecule has 0 fully saturated rings. The van der Waals surface area contributed by atoms with Crippen molar-refractivity contribution in [2.75, 3.05) is 5.32 Å². The van der Waals surface area contributed by atoms with Gasteiger partial charge in [0, 0.05) is 11.4 Å². The van der Waals surface area contributed by atoms with Gasteiger partial charge in [-0.1, -0.05) is 48.5 Å². The van der Waals surface area contributed by atoms with E-state index in [1.165, 1.54) is 5.56 Å². The second-order valence-electron chi connectivity index (χ2n) is 5.01. The van der Waals surface area contributed by atoms with Gasteiger partial charge in [0.2, 0.25) is 0 Å². The molecule has 1 aromatic heterocycles. The number of anilines is 1. The number of hydrogen-bond acceptors (Lipinski definition) is 3. The molecule has 1 unspecified atom stereocenters. The molecule has 20 heavy (non-hydrogen) atoms. The van der Waals surface area contributed by atoms with Crippen molar-refractivity contribution in [3.63, 3.8) is 0 Å². The molecular weight excluding hydrogens is 246 g/mol. The predicted octanol–water partition coefficient (Wildman–Crippen LogP) is 3.67. The molecule has 0 saturated heterocycles. The number of benzene rings is 2. The van der Waals surface area contributed by atoms with E-state index >= 15 is 0 Å². The van der Waals surface area contributed by atoms with Gasteiger partial charge in [0.25, 0.3) is 0 Å². The van der Waals surface area contributed by atoms with Crippen LogP contribution in [0.1, 0.15) is 12.5 Å². The lowest BCUT2D eigenvalue weighted by Gasteiger charge is -2.16. The minimum atomic E-state index is 0.338. The molecule has 3 heteroatoms. The van der Waals surface area contributed by atoms with E-state index < -0.39 is 0 Å². The van der Waals surface area contributed by atoms with Crippen LogP contribution in [0.3, 0.4) is 0 Å². The zero-order valence-electron chi connectivity index (χ0n) is 11.5. The van der Waals surface area contributed by atoms with E-state index in [1.54, 1.807) is 6.20 Å². The molecule has 3 aromatic rings. The summed E-state index contributed by atoms with van der Waals surface area (Å²) in [5, 5.41) is 12.8. The predicted molar refractivity (Wildman–Crippen MR) is 82.8 cm³/mol. The lowest BCUT2D eigenvalue weighted by Crippen LogP contribution is -2.18. The molecule has 0 spiro atoms. The summed E-state index contributed by atoms with van der Waals surface area (Å²) in [5.41, 5.74) is 3.29. The molecule has 0 aliphatic heterocycles. The minimum Gasteiger partial charge on any atom is -0.380 e. The maximum atomic E-state index is 4.14. The highest BCUT2D eigenvalue weighted by atomic mass is 15.1. The van der Waals surface area contributed by atoms with Crippen molar-refractivity contribution in [3.8, 4) is 0 Å². The smallest absolute Gasteiger partial charge is 0.0950 e. The Morgan fingerprint density at radius 2 is 1.75 bits per heavy atom. The van der Waals surface area contributed by atoms with Crippen LogP contribution in [-0.2, 0) is 6.42 Å². The van der Waals surface area contributed by atoms with Gasteiger partial charge >= 0.3 is 0 Å². The summed E-state index contributed by atoms with van der Waals surface area (Å²) in [6.07, 6.45) is 2.78. The lowest BCUT2D eigenvalue weighted by molar-refractivity contribution is 0.790. The first-order valence-electron chi connectivity index (χ1n) is 6.84. The van der Waals surface area contributed by atoms with Gasteiger partial charge in [-0.2, -0.15) is 10.2 Å². The topological polar surface area (TPSA) is 37.8 Å². The fraction of sp³-hybridized carbons (Fsp3) is 0.176. The zero-order valence-corrected chi connectivity index (χ0v) is 11.5. The summed E-state index contributed by atoms with van der Waals surface area (Å²) >= 11 is 0. The first-order valence-corrected chi connectivity index (χ1v) is 6.84. The Balaban J connectivity index is 1.79. The number of nitrogens with zero attached hydrogens (tertiary/aromatic N) is 2. The van der Waals surface area contributed by atoms with E-state index in [-0.39, 0.29) is 0 Å². The first-order chi connectivity index (χ1) is 9.83. The average Bonchev–Trinajstić information content (AvgIpc) is 2.48. The van der Waals surface area contributed by atoms with Crippen molar-refractivity contribution < 1.29 is 0 Å². The highest BCUT2D eigenvalue weighted by Gasteiger charge is 2.07. The highest BCUT2D eigenvalue weighted by molar-refractivity contribution is 5.90. The Morgan fingerprint density at radius 3 is 2.60 bits per heavy atom. The normalized spacial score (nSPS) is 12.2. The summed E-state index contributed by atoms with van der Waals surface area (Å²) in [4.78, 5) is 0. The van der Waals surface area contributed by atoms with E-state index in [9.17, 15) is 0 Å². The quantitative estimate of drug-likeness (QED) is 0.780. The van der Waals surface area contributed by atoms with Crippen LogP contribution in [0.15, 0.2) is 60.8 Å². The summed E-state index contributed by atoms with van der Waals surface area (Å²) in [7, 11) is 0. The summed E-state index contributed by atoms with van der Waals surface area (Å²) in [6.45, 7) is 2.18. The van der Waals surface area contributed by atoms with Crippen LogP contribution in [0.2, 0.25) is 0 Å². The third kappa shape index (κ3) is 2.77. The zero-order chi connectivity index (χ0) is 13.8. The highest BCUT2D eigenvalue weighted by Crippen LogP contribution is 2.21. The average molecular weight is 263 g/mol. The Labute approximate surface area is 118 Å². The second kappa shape index (κ2) is 5.70. The summed E-state index contributed by atoms with van der Waals surface area (Å²) in [5.74, 6) is 0. The molecule has 1 heterocycles. The van der Waals surface area contributed by atoms with E-state index in [4.69, 9.17) is 0 Å². The van der Waals surface area contributed by atoms with Gasteiger partial charge in [0.15, 0.2) is 0 Å². The van der Waals surface area contributed by atoms with Gasteiger partial charge in [-0.3, -0.25) is 0 Å². The van der Waals surface area contributed by atoms with Crippen LogP contribution >= 0.6 is 0 Å². The third-order valence-corrected chi connectivity index (χ3v) is 3.33. The molecule has 0 radical (unpaired) electrons. The Hall–Kier alpha value is -2.42. The molecule has 0 aliphatic rings. The van der Waals surface area contributed by atoms with Gasteiger partial charge in [-0.25, -0.2) is 0 Å². The van der Waals surface area contributed by atoms with Gasteiger partial charge < -0.3 is 5.32 Å². The van der Waals surface area contributed by atoms with Crippen molar-refractivity contribution in [2.24, 2.45) is 0 Å². The molecule has 0 amide bonds. The molecule has 0 bridgehead atoms. The fourth-order valence-electron chi connectivity index (χ4n) is 2.41. The minimum absolute atomic E-state index is 0.338. The maximum Gasteiger partial charge on any atom is 0.0950 e. The molecule has 0 saturated carbocycles. The molecule has 1 N–H and O–H groups in total. The molecular formula is C17H17N3. The third-order valence-electron chi connectivity index (χ3n) is 3.33. The summed E-state index contributed by atoms with van der Waals surface area (Å²) in [6, 6.07) is 18.9. The summed E-state index contributed by atoms with van der Waals surface area (Å²) < 4.78 is 0. The number of fused-ring (bicyclic) bond motifs is 1. The van der Waals surface area contributed by atoms with Crippen molar-refractivity contribution >= 4 is 16.6 Å². The van der Waals surface area contributed by atoms with Gasteiger partial charge in [0.05, 0.1) is 17.4 Å². The van der Waals surface area contributed by atoms with Crippen LogP contribution in [0, 0.1) is 0 Å². The number of nitrogens with one attached hydrogen (secondary N) is 1. The van der Waals surface area contributed by atoms with Crippen LogP contribution in [0.5, 0.6) is 0 Å². The Morgan fingerprint density at radius 1 is 1.00 bits per heavy atom. The monoisotopic (exact) mass is 263 g/mol.